The molecule has 1 fully saturated rings. The normalized spacial score (nSPS) is 14.1. The molecule has 1 aliphatic heterocycles. The lowest BCUT2D eigenvalue weighted by atomic mass is 10.1. The summed E-state index contributed by atoms with van der Waals surface area (Å²) in [6, 6.07) is 15.7. The first-order valence-electron chi connectivity index (χ1n) is 11.4. The summed E-state index contributed by atoms with van der Waals surface area (Å²) in [6.45, 7) is 8.55. The quantitative estimate of drug-likeness (QED) is 0.693. The smallest absolute Gasteiger partial charge is 0.407 e. The molecule has 0 saturated carbocycles. The maximum atomic E-state index is 13.0. The van der Waals surface area contributed by atoms with E-state index in [2.05, 4.69) is 28.4 Å². The average Bonchev–Trinajstić information content (AvgIpc) is 2.77. The summed E-state index contributed by atoms with van der Waals surface area (Å²) in [7, 11) is 1.84. The summed E-state index contributed by atoms with van der Waals surface area (Å²) in [6.07, 6.45) is 3.28. The van der Waals surface area contributed by atoms with Gasteiger partial charge in [0.25, 0.3) is 5.91 Å². The summed E-state index contributed by atoms with van der Waals surface area (Å²) in [5.41, 5.74) is 3.41. The fraction of sp³-hybridized carbons (Fsp3) is 0.462. The van der Waals surface area contributed by atoms with E-state index in [9.17, 15) is 9.59 Å². The second-order valence-electron chi connectivity index (χ2n) is 9.39. The van der Waals surface area contributed by atoms with Gasteiger partial charge >= 0.3 is 6.09 Å². The van der Waals surface area contributed by atoms with Crippen molar-refractivity contribution in [3.05, 3.63) is 65.2 Å². The number of anilines is 1. The maximum Gasteiger partial charge on any atom is 0.407 e. The Balaban J connectivity index is 1.59. The second kappa shape index (κ2) is 10.5. The second-order valence-corrected chi connectivity index (χ2v) is 9.39. The summed E-state index contributed by atoms with van der Waals surface area (Å²) >= 11 is 0. The molecule has 0 aliphatic carbocycles. The number of para-hydroxylation sites is 1. The number of nitrogens with zero attached hydrogens (tertiary/aromatic N) is 2. The number of rotatable bonds is 6. The highest BCUT2D eigenvalue weighted by Crippen LogP contribution is 2.25. The molecule has 172 valence electrons. The Hall–Kier alpha value is -3.02. The molecule has 0 spiro atoms. The number of piperidine rings is 1. The fourth-order valence-electron chi connectivity index (χ4n) is 3.89. The zero-order chi connectivity index (χ0) is 23.1. The van der Waals surface area contributed by atoms with Crippen molar-refractivity contribution in [2.24, 2.45) is 0 Å². The lowest BCUT2D eigenvalue weighted by molar-refractivity contribution is 0.0523. The van der Waals surface area contributed by atoms with Crippen LogP contribution in [0.5, 0.6) is 0 Å². The summed E-state index contributed by atoms with van der Waals surface area (Å²) in [5, 5.41) is 2.74. The highest BCUT2D eigenvalue weighted by Gasteiger charge is 2.18. The van der Waals surface area contributed by atoms with E-state index in [0.29, 0.717) is 18.7 Å². The minimum absolute atomic E-state index is 0.0231. The van der Waals surface area contributed by atoms with Crippen LogP contribution in [-0.2, 0) is 17.8 Å². The number of alkyl carbamates (subject to hydrolysis) is 1. The summed E-state index contributed by atoms with van der Waals surface area (Å²) in [4.78, 5) is 29.0. The third-order valence-corrected chi connectivity index (χ3v) is 5.48. The number of amides is 2. The molecule has 0 radical (unpaired) electrons. The predicted octanol–water partition coefficient (Wildman–Crippen LogP) is 4.97. The average molecular weight is 438 g/mol. The topological polar surface area (TPSA) is 61.9 Å². The fourth-order valence-corrected chi connectivity index (χ4v) is 3.89. The molecular formula is C26H35N3O3. The molecule has 1 heterocycles. The molecule has 3 rings (SSSR count). The van der Waals surface area contributed by atoms with Crippen LogP contribution in [0.2, 0.25) is 0 Å². The van der Waals surface area contributed by atoms with Crippen LogP contribution in [-0.4, -0.2) is 42.6 Å². The van der Waals surface area contributed by atoms with Gasteiger partial charge in [-0.3, -0.25) is 4.79 Å². The molecule has 1 aliphatic rings. The van der Waals surface area contributed by atoms with Crippen molar-refractivity contribution in [2.75, 3.05) is 25.0 Å². The Labute approximate surface area is 191 Å². The Morgan fingerprint density at radius 1 is 1.00 bits per heavy atom. The first-order chi connectivity index (χ1) is 15.2. The molecule has 32 heavy (non-hydrogen) atoms. The van der Waals surface area contributed by atoms with E-state index < -0.39 is 11.7 Å². The van der Waals surface area contributed by atoms with Crippen LogP contribution < -0.4 is 10.2 Å². The van der Waals surface area contributed by atoms with E-state index in [1.165, 1.54) is 30.5 Å². The minimum atomic E-state index is -0.530. The van der Waals surface area contributed by atoms with Gasteiger partial charge in [-0.2, -0.15) is 0 Å². The molecule has 0 aromatic heterocycles. The molecule has 1 saturated heterocycles. The Morgan fingerprint density at radius 2 is 1.66 bits per heavy atom. The van der Waals surface area contributed by atoms with E-state index in [1.54, 1.807) is 4.90 Å². The van der Waals surface area contributed by atoms with Gasteiger partial charge in [0.2, 0.25) is 0 Å². The SMILES string of the molecule is CN(Cc1ccccc1N1CCCCC1)C(=O)c1ccc(CNC(=O)OC(C)(C)C)cc1. The van der Waals surface area contributed by atoms with E-state index in [4.69, 9.17) is 4.74 Å². The van der Waals surface area contributed by atoms with Crippen LogP contribution >= 0.6 is 0 Å². The van der Waals surface area contributed by atoms with Gasteiger partial charge in [0.15, 0.2) is 0 Å². The van der Waals surface area contributed by atoms with Crippen LogP contribution in [0.4, 0.5) is 10.5 Å². The van der Waals surface area contributed by atoms with Gasteiger partial charge in [-0.1, -0.05) is 30.3 Å². The number of ether oxygens (including phenoxy) is 1. The van der Waals surface area contributed by atoms with Gasteiger partial charge in [0.1, 0.15) is 5.60 Å². The monoisotopic (exact) mass is 437 g/mol. The maximum absolute atomic E-state index is 13.0. The van der Waals surface area contributed by atoms with E-state index in [-0.39, 0.29) is 5.91 Å². The van der Waals surface area contributed by atoms with Crippen LogP contribution in [0.15, 0.2) is 48.5 Å². The molecule has 0 unspecified atom stereocenters. The Bertz CT molecular complexity index is 913. The van der Waals surface area contributed by atoms with E-state index in [1.807, 2.05) is 58.2 Å². The molecule has 0 atom stereocenters. The van der Waals surface area contributed by atoms with Crippen molar-refractivity contribution in [1.82, 2.24) is 10.2 Å². The number of carbonyl (C=O) groups is 2. The van der Waals surface area contributed by atoms with Crippen molar-refractivity contribution in [3.63, 3.8) is 0 Å². The molecule has 2 amide bonds. The molecule has 2 aromatic rings. The lowest BCUT2D eigenvalue weighted by Crippen LogP contribution is -2.32. The van der Waals surface area contributed by atoms with Crippen LogP contribution in [0, 0.1) is 0 Å². The van der Waals surface area contributed by atoms with Crippen molar-refractivity contribution < 1.29 is 14.3 Å². The summed E-state index contributed by atoms with van der Waals surface area (Å²) in [5.74, 6) is -0.0231. The van der Waals surface area contributed by atoms with Crippen molar-refractivity contribution in [1.29, 1.82) is 0 Å². The van der Waals surface area contributed by atoms with Crippen LogP contribution in [0.25, 0.3) is 0 Å². The number of carbonyl (C=O) groups excluding carboxylic acids is 2. The molecule has 6 heteroatoms. The minimum Gasteiger partial charge on any atom is -0.444 e. The summed E-state index contributed by atoms with van der Waals surface area (Å²) < 4.78 is 5.25. The Kier molecular flexibility index (Phi) is 7.78. The number of nitrogens with one attached hydrogen (secondary N) is 1. The first-order valence-corrected chi connectivity index (χ1v) is 11.4. The van der Waals surface area contributed by atoms with E-state index in [0.717, 1.165) is 18.7 Å². The van der Waals surface area contributed by atoms with Crippen LogP contribution in [0.3, 0.4) is 0 Å². The highest BCUT2D eigenvalue weighted by atomic mass is 16.6. The zero-order valence-corrected chi connectivity index (χ0v) is 19.7. The molecule has 6 nitrogen and oxygen atoms in total. The Morgan fingerprint density at radius 3 is 2.31 bits per heavy atom. The number of hydrogen-bond donors (Lipinski definition) is 1. The first kappa shape index (κ1) is 23.6. The molecule has 1 N–H and O–H groups in total. The number of hydrogen-bond acceptors (Lipinski definition) is 4. The standard InChI is InChI=1S/C26H35N3O3/c1-26(2,3)32-25(31)27-18-20-12-14-21(15-13-20)24(30)28(4)19-22-10-6-7-11-23(22)29-16-8-5-9-17-29/h6-7,10-15H,5,8-9,16-19H2,1-4H3,(H,27,31). The highest BCUT2D eigenvalue weighted by molar-refractivity contribution is 5.94. The van der Waals surface area contributed by atoms with Gasteiger partial charge in [-0.25, -0.2) is 4.79 Å². The number of benzene rings is 2. The van der Waals surface area contributed by atoms with Crippen LogP contribution in [0.1, 0.15) is 61.5 Å². The zero-order valence-electron chi connectivity index (χ0n) is 19.7. The molecule has 0 bridgehead atoms. The van der Waals surface area contributed by atoms with Crippen molar-refractivity contribution in [2.45, 2.75) is 58.7 Å². The van der Waals surface area contributed by atoms with Crippen molar-refractivity contribution in [3.8, 4) is 0 Å². The van der Waals surface area contributed by atoms with Gasteiger partial charge in [-0.15, -0.1) is 0 Å². The third kappa shape index (κ3) is 6.74. The predicted molar refractivity (Wildman–Crippen MR) is 128 cm³/mol. The molecule has 2 aromatic carbocycles. The van der Waals surface area contributed by atoms with Gasteiger partial charge in [0, 0.05) is 44.5 Å². The molecular weight excluding hydrogens is 402 g/mol. The van der Waals surface area contributed by atoms with Gasteiger partial charge in [0.05, 0.1) is 0 Å². The van der Waals surface area contributed by atoms with Gasteiger partial charge < -0.3 is 19.9 Å². The lowest BCUT2D eigenvalue weighted by Gasteiger charge is -2.31. The third-order valence-electron chi connectivity index (χ3n) is 5.48. The van der Waals surface area contributed by atoms with E-state index >= 15 is 0 Å². The van der Waals surface area contributed by atoms with Gasteiger partial charge in [-0.05, 0) is 69.4 Å². The largest absolute Gasteiger partial charge is 0.444 e. The van der Waals surface area contributed by atoms with Crippen molar-refractivity contribution >= 4 is 17.7 Å².